The van der Waals surface area contributed by atoms with E-state index in [0.29, 0.717) is 17.7 Å². The number of hydrogen-bond donors (Lipinski definition) is 1. The molecule has 0 spiro atoms. The van der Waals surface area contributed by atoms with Crippen molar-refractivity contribution in [2.24, 2.45) is 0 Å². The molecule has 0 radical (unpaired) electrons. The Labute approximate surface area is 219 Å². The predicted molar refractivity (Wildman–Crippen MR) is 140 cm³/mol. The molecule has 0 saturated carbocycles. The van der Waals surface area contributed by atoms with Crippen LogP contribution in [0.15, 0.2) is 47.4 Å². The van der Waals surface area contributed by atoms with Gasteiger partial charge in [-0.15, -0.1) is 0 Å². The van der Waals surface area contributed by atoms with Crippen molar-refractivity contribution in [1.29, 1.82) is 0 Å². The summed E-state index contributed by atoms with van der Waals surface area (Å²) in [6.07, 6.45) is 3.05. The van der Waals surface area contributed by atoms with E-state index in [-0.39, 0.29) is 33.9 Å². The van der Waals surface area contributed by atoms with Gasteiger partial charge in [0.15, 0.2) is 0 Å². The lowest BCUT2D eigenvalue weighted by Crippen LogP contribution is -2.36. The molecular weight excluding hydrogens is 504 g/mol. The van der Waals surface area contributed by atoms with Gasteiger partial charge in [0.2, 0.25) is 5.91 Å². The maximum atomic E-state index is 12.9. The molecule has 3 rings (SSSR count). The zero-order valence-electron chi connectivity index (χ0n) is 20.2. The molecule has 1 fully saturated rings. The van der Waals surface area contributed by atoms with Crippen LogP contribution in [0.1, 0.15) is 49.5 Å². The van der Waals surface area contributed by atoms with Gasteiger partial charge in [0.1, 0.15) is 12.3 Å². The lowest BCUT2D eigenvalue weighted by molar-refractivity contribution is -0.127. The van der Waals surface area contributed by atoms with Crippen LogP contribution >= 0.6 is 23.4 Å². The van der Waals surface area contributed by atoms with Crippen molar-refractivity contribution in [2.45, 2.75) is 39.7 Å². The molecule has 2 aromatic rings. The van der Waals surface area contributed by atoms with Gasteiger partial charge in [0.05, 0.1) is 28.2 Å². The molecule has 10 heteroatoms. The van der Waals surface area contributed by atoms with Crippen molar-refractivity contribution in [3.8, 4) is 5.75 Å². The van der Waals surface area contributed by atoms with Crippen LogP contribution in [0.5, 0.6) is 5.75 Å². The number of benzene rings is 2. The van der Waals surface area contributed by atoms with Crippen molar-refractivity contribution >= 4 is 58.1 Å². The molecule has 0 unspecified atom stereocenters. The van der Waals surface area contributed by atoms with Gasteiger partial charge >= 0.3 is 5.97 Å². The maximum Gasteiger partial charge on any atom is 0.339 e. The highest BCUT2D eigenvalue weighted by Crippen LogP contribution is 2.34. The maximum absolute atomic E-state index is 12.9. The second kappa shape index (κ2) is 12.6. The quantitative estimate of drug-likeness (QED) is 0.308. The summed E-state index contributed by atoms with van der Waals surface area (Å²) in [7, 11) is 0. The van der Waals surface area contributed by atoms with Gasteiger partial charge in [-0.2, -0.15) is 0 Å². The number of amides is 3. The Morgan fingerprint density at radius 3 is 2.64 bits per heavy atom. The Morgan fingerprint density at radius 2 is 1.92 bits per heavy atom. The van der Waals surface area contributed by atoms with Gasteiger partial charge in [-0.1, -0.05) is 43.6 Å². The minimum absolute atomic E-state index is 0.0137. The number of anilines is 1. The minimum atomic E-state index is -0.605. The third kappa shape index (κ3) is 6.89. The molecule has 1 aliphatic heterocycles. The van der Waals surface area contributed by atoms with E-state index in [2.05, 4.69) is 5.32 Å². The third-order valence-corrected chi connectivity index (χ3v) is 6.43. The van der Waals surface area contributed by atoms with Crippen LogP contribution in [-0.4, -0.2) is 47.2 Å². The van der Waals surface area contributed by atoms with Crippen LogP contribution in [0.2, 0.25) is 5.02 Å². The van der Waals surface area contributed by atoms with Crippen molar-refractivity contribution in [3.63, 3.8) is 0 Å². The normalized spacial score (nSPS) is 15.2. The molecule has 0 bridgehead atoms. The van der Waals surface area contributed by atoms with E-state index < -0.39 is 29.6 Å². The molecule has 8 nitrogen and oxygen atoms in total. The van der Waals surface area contributed by atoms with Gasteiger partial charge in [-0.25, -0.2) is 4.79 Å². The Morgan fingerprint density at radius 1 is 1.17 bits per heavy atom. The molecule has 1 heterocycles. The second-order valence-corrected chi connectivity index (χ2v) is 9.42. The van der Waals surface area contributed by atoms with Crippen molar-refractivity contribution in [3.05, 3.63) is 63.5 Å². The van der Waals surface area contributed by atoms with Crippen molar-refractivity contribution in [2.75, 3.05) is 18.5 Å². The van der Waals surface area contributed by atoms with Crippen molar-refractivity contribution < 1.29 is 28.7 Å². The van der Waals surface area contributed by atoms with E-state index in [1.807, 2.05) is 32.9 Å². The number of para-hydroxylation sites is 1. The molecule has 1 saturated heterocycles. The molecule has 190 valence electrons. The van der Waals surface area contributed by atoms with Gasteiger partial charge in [0, 0.05) is 11.3 Å². The zero-order chi connectivity index (χ0) is 26.2. The molecule has 1 N–H and O–H groups in total. The number of nitrogens with zero attached hydrogens (tertiary/aromatic N) is 1. The number of ether oxygens (including phenoxy) is 2. The molecular formula is C26H27ClN2O6S. The summed E-state index contributed by atoms with van der Waals surface area (Å²) in [5.74, 6) is -1.17. The average molecular weight is 531 g/mol. The number of hydrogen-bond acceptors (Lipinski definition) is 7. The fraction of sp³-hybridized carbons (Fsp3) is 0.308. The highest BCUT2D eigenvalue weighted by Gasteiger charge is 2.36. The van der Waals surface area contributed by atoms with Crippen LogP contribution in [0.4, 0.5) is 10.5 Å². The largest absolute Gasteiger partial charge is 0.490 e. The van der Waals surface area contributed by atoms with E-state index in [1.54, 1.807) is 18.2 Å². The van der Waals surface area contributed by atoms with Gasteiger partial charge in [-0.3, -0.25) is 19.3 Å². The summed E-state index contributed by atoms with van der Waals surface area (Å²) in [6.45, 7) is 5.58. The summed E-state index contributed by atoms with van der Waals surface area (Å²) in [5, 5.41) is 2.22. The molecule has 0 aliphatic carbocycles. The number of halogens is 1. The topological polar surface area (TPSA) is 102 Å². The number of esters is 1. The number of nitrogens with one attached hydrogen (secondary N) is 1. The first-order valence-corrected chi connectivity index (χ1v) is 12.7. The highest BCUT2D eigenvalue weighted by atomic mass is 35.5. The van der Waals surface area contributed by atoms with E-state index in [1.165, 1.54) is 18.2 Å². The lowest BCUT2D eigenvalue weighted by Gasteiger charge is -2.15. The summed E-state index contributed by atoms with van der Waals surface area (Å²) in [5.41, 5.74) is 1.05. The Kier molecular flexibility index (Phi) is 9.55. The smallest absolute Gasteiger partial charge is 0.339 e. The number of rotatable bonds is 10. The number of carbonyl (C=O) groups excluding carboxylic acids is 4. The van der Waals surface area contributed by atoms with Crippen LogP contribution in [0, 0.1) is 0 Å². The molecule has 0 aromatic heterocycles. The van der Waals surface area contributed by atoms with E-state index in [9.17, 15) is 19.2 Å². The molecule has 1 aliphatic rings. The number of thioether (sulfide) groups is 1. The zero-order valence-corrected chi connectivity index (χ0v) is 21.8. The number of carbonyl (C=O) groups is 4. The van der Waals surface area contributed by atoms with E-state index in [4.69, 9.17) is 21.1 Å². The summed E-state index contributed by atoms with van der Waals surface area (Å²) in [4.78, 5) is 51.3. The molecule has 36 heavy (non-hydrogen) atoms. The van der Waals surface area contributed by atoms with Crippen LogP contribution in [0.3, 0.4) is 0 Å². The SMILES string of the molecule is CCCOC(=O)c1cc(NC(=O)CN2C(=O)S/C(=C/c3ccccc3O[C@H](C)CC)C2=O)ccc1Cl. The van der Waals surface area contributed by atoms with Crippen LogP contribution in [-0.2, 0) is 14.3 Å². The summed E-state index contributed by atoms with van der Waals surface area (Å²) in [6, 6.07) is 11.6. The first-order valence-electron chi connectivity index (χ1n) is 11.5. The fourth-order valence-electron chi connectivity index (χ4n) is 3.16. The van der Waals surface area contributed by atoms with Crippen molar-refractivity contribution in [1.82, 2.24) is 4.90 Å². The van der Waals surface area contributed by atoms with E-state index >= 15 is 0 Å². The first kappa shape index (κ1) is 27.3. The van der Waals surface area contributed by atoms with Gasteiger partial charge in [-0.05, 0) is 61.9 Å². The highest BCUT2D eigenvalue weighted by molar-refractivity contribution is 8.18. The predicted octanol–water partition coefficient (Wildman–Crippen LogP) is 5.76. The van der Waals surface area contributed by atoms with Gasteiger partial charge in [0.25, 0.3) is 11.1 Å². The molecule has 2 aromatic carbocycles. The first-order chi connectivity index (χ1) is 17.2. The molecule has 3 amide bonds. The number of imide groups is 1. The summed E-state index contributed by atoms with van der Waals surface area (Å²) >= 11 is 6.84. The van der Waals surface area contributed by atoms with Crippen LogP contribution in [0.25, 0.3) is 6.08 Å². The monoisotopic (exact) mass is 530 g/mol. The average Bonchev–Trinajstić information content (AvgIpc) is 3.11. The second-order valence-electron chi connectivity index (χ2n) is 8.02. The Balaban J connectivity index is 1.70. The fourth-order valence-corrected chi connectivity index (χ4v) is 4.18. The lowest BCUT2D eigenvalue weighted by atomic mass is 10.1. The van der Waals surface area contributed by atoms with E-state index in [0.717, 1.165) is 23.1 Å². The minimum Gasteiger partial charge on any atom is -0.490 e. The van der Waals surface area contributed by atoms with Gasteiger partial charge < -0.3 is 14.8 Å². The molecule has 1 atom stereocenters. The standard InChI is InChI=1S/C26H27ClN2O6S/c1-4-12-34-25(32)19-14-18(10-11-20(19)27)28-23(30)15-29-24(31)22(36-26(29)33)13-17-8-6-7-9-21(17)35-16(3)5-2/h6-11,13-14,16H,4-5,12,15H2,1-3H3,(H,28,30)/b22-13+/t16-/m1/s1. The third-order valence-electron chi connectivity index (χ3n) is 5.19. The summed E-state index contributed by atoms with van der Waals surface area (Å²) < 4.78 is 11.0. The Bertz CT molecular complexity index is 1200. The Hall–Kier alpha value is -3.30. The van der Waals surface area contributed by atoms with Crippen LogP contribution < -0.4 is 10.1 Å².